The van der Waals surface area contributed by atoms with Gasteiger partial charge in [-0.05, 0) is 24.4 Å². The number of hydrogen-bond donors (Lipinski definition) is 2. The van der Waals surface area contributed by atoms with Crippen molar-refractivity contribution in [2.24, 2.45) is 5.73 Å². The lowest BCUT2D eigenvalue weighted by molar-refractivity contribution is 0.579. The molecular formula is C8H14N2O2S2. The Bertz CT molecular complexity index is 345. The zero-order valence-electron chi connectivity index (χ0n) is 7.77. The van der Waals surface area contributed by atoms with E-state index in [0.717, 1.165) is 4.88 Å². The van der Waals surface area contributed by atoms with Crippen molar-refractivity contribution in [2.75, 3.05) is 12.3 Å². The molecule has 0 atom stereocenters. The van der Waals surface area contributed by atoms with Crippen LogP contribution in [0, 0.1) is 0 Å². The van der Waals surface area contributed by atoms with Crippen LogP contribution < -0.4 is 10.5 Å². The summed E-state index contributed by atoms with van der Waals surface area (Å²) in [6, 6.07) is 3.80. The lowest BCUT2D eigenvalue weighted by Crippen LogP contribution is -2.26. The Labute approximate surface area is 88.2 Å². The predicted octanol–water partition coefficient (Wildman–Crippen LogP) is 0.516. The standard InChI is InChI=1S/C8H14N2O2S2/c9-4-2-6-14(11,12)10-7-8-3-1-5-13-8/h1,3,5,10H,2,4,6-7,9H2. The van der Waals surface area contributed by atoms with Gasteiger partial charge in [0.25, 0.3) is 0 Å². The molecule has 0 aromatic carbocycles. The Morgan fingerprint density at radius 2 is 2.29 bits per heavy atom. The highest BCUT2D eigenvalue weighted by molar-refractivity contribution is 7.89. The van der Waals surface area contributed by atoms with Crippen LogP contribution in [0.5, 0.6) is 0 Å². The van der Waals surface area contributed by atoms with Gasteiger partial charge in [0.05, 0.1) is 5.75 Å². The fourth-order valence-corrected chi connectivity index (χ4v) is 2.74. The number of nitrogens with one attached hydrogen (secondary N) is 1. The summed E-state index contributed by atoms with van der Waals surface area (Å²) < 4.78 is 25.2. The van der Waals surface area contributed by atoms with Crippen molar-refractivity contribution in [3.05, 3.63) is 22.4 Å². The van der Waals surface area contributed by atoms with Crippen LogP contribution >= 0.6 is 11.3 Å². The van der Waals surface area contributed by atoms with Gasteiger partial charge in [-0.1, -0.05) is 6.07 Å². The number of hydrogen-bond acceptors (Lipinski definition) is 4. The van der Waals surface area contributed by atoms with E-state index in [9.17, 15) is 8.42 Å². The predicted molar refractivity (Wildman–Crippen MR) is 58.6 cm³/mol. The van der Waals surface area contributed by atoms with Crippen LogP contribution in [0.15, 0.2) is 17.5 Å². The molecule has 80 valence electrons. The molecule has 0 saturated carbocycles. The minimum atomic E-state index is -3.14. The molecule has 6 heteroatoms. The highest BCUT2D eigenvalue weighted by Gasteiger charge is 2.08. The first-order valence-electron chi connectivity index (χ1n) is 4.34. The molecule has 3 N–H and O–H groups in total. The molecule has 1 aromatic heterocycles. The normalized spacial score (nSPS) is 11.8. The van der Waals surface area contributed by atoms with Crippen molar-refractivity contribution < 1.29 is 8.42 Å². The Morgan fingerprint density at radius 1 is 1.50 bits per heavy atom. The third-order valence-electron chi connectivity index (χ3n) is 1.66. The quantitative estimate of drug-likeness (QED) is 0.753. The van der Waals surface area contributed by atoms with Crippen LogP contribution in [0.4, 0.5) is 0 Å². The molecule has 14 heavy (non-hydrogen) atoms. The summed E-state index contributed by atoms with van der Waals surface area (Å²) in [6.45, 7) is 0.782. The van der Waals surface area contributed by atoms with E-state index < -0.39 is 10.0 Å². The van der Waals surface area contributed by atoms with Gasteiger partial charge >= 0.3 is 0 Å². The van der Waals surface area contributed by atoms with Crippen molar-refractivity contribution in [3.63, 3.8) is 0 Å². The van der Waals surface area contributed by atoms with Gasteiger partial charge in [0.2, 0.25) is 10.0 Å². The summed E-state index contributed by atoms with van der Waals surface area (Å²) >= 11 is 1.54. The molecule has 0 amide bonds. The lowest BCUT2D eigenvalue weighted by atomic mass is 10.5. The Kier molecular flexibility index (Phi) is 4.53. The molecule has 0 radical (unpaired) electrons. The number of sulfonamides is 1. The lowest BCUT2D eigenvalue weighted by Gasteiger charge is -2.03. The second kappa shape index (κ2) is 5.45. The van der Waals surface area contributed by atoms with Crippen molar-refractivity contribution in [3.8, 4) is 0 Å². The molecule has 0 aliphatic heterocycles. The highest BCUT2D eigenvalue weighted by Crippen LogP contribution is 2.07. The molecule has 0 aliphatic rings. The van der Waals surface area contributed by atoms with E-state index in [-0.39, 0.29) is 5.75 Å². The van der Waals surface area contributed by atoms with Crippen LogP contribution in [0.25, 0.3) is 0 Å². The number of nitrogens with two attached hydrogens (primary N) is 1. The second-order valence-electron chi connectivity index (χ2n) is 2.86. The summed E-state index contributed by atoms with van der Waals surface area (Å²) in [6.07, 6.45) is 0.500. The molecule has 1 aromatic rings. The SMILES string of the molecule is NCCCS(=O)(=O)NCc1cccs1. The van der Waals surface area contributed by atoms with Crippen molar-refractivity contribution in [1.82, 2.24) is 4.72 Å². The van der Waals surface area contributed by atoms with Gasteiger partial charge in [-0.3, -0.25) is 0 Å². The van der Waals surface area contributed by atoms with Crippen LogP contribution in [0.2, 0.25) is 0 Å². The van der Waals surface area contributed by atoms with Gasteiger partial charge in [-0.25, -0.2) is 13.1 Å². The number of thiophene rings is 1. The summed E-state index contributed by atoms with van der Waals surface area (Å²) in [5.74, 6) is 0.106. The Balaban J connectivity index is 2.37. The first kappa shape index (κ1) is 11.6. The Morgan fingerprint density at radius 3 is 2.86 bits per heavy atom. The first-order chi connectivity index (χ1) is 6.64. The van der Waals surface area contributed by atoms with Crippen LogP contribution in [-0.4, -0.2) is 20.7 Å². The second-order valence-corrected chi connectivity index (χ2v) is 5.82. The molecule has 0 bridgehead atoms. The van der Waals surface area contributed by atoms with E-state index >= 15 is 0 Å². The minimum absolute atomic E-state index is 0.106. The monoisotopic (exact) mass is 234 g/mol. The fourth-order valence-electron chi connectivity index (χ4n) is 0.940. The molecule has 1 heterocycles. The Hall–Kier alpha value is -0.430. The molecule has 1 rings (SSSR count). The molecule has 4 nitrogen and oxygen atoms in total. The van der Waals surface area contributed by atoms with Gasteiger partial charge in [0.15, 0.2) is 0 Å². The topological polar surface area (TPSA) is 72.2 Å². The van der Waals surface area contributed by atoms with Crippen LogP contribution in [0.3, 0.4) is 0 Å². The molecule has 0 spiro atoms. The third-order valence-corrected chi connectivity index (χ3v) is 3.95. The highest BCUT2D eigenvalue weighted by atomic mass is 32.2. The van der Waals surface area contributed by atoms with Crippen molar-refractivity contribution in [2.45, 2.75) is 13.0 Å². The van der Waals surface area contributed by atoms with Gasteiger partial charge in [-0.2, -0.15) is 0 Å². The van der Waals surface area contributed by atoms with E-state index in [1.54, 1.807) is 0 Å². The number of rotatable bonds is 6. The molecule has 0 unspecified atom stereocenters. The zero-order chi connectivity index (χ0) is 10.4. The molecular weight excluding hydrogens is 220 g/mol. The van der Waals surface area contributed by atoms with Crippen molar-refractivity contribution in [1.29, 1.82) is 0 Å². The largest absolute Gasteiger partial charge is 0.330 e. The van der Waals surface area contributed by atoms with E-state index in [2.05, 4.69) is 4.72 Å². The summed E-state index contributed by atoms with van der Waals surface area (Å²) in [5.41, 5.74) is 5.24. The summed E-state index contributed by atoms with van der Waals surface area (Å²) in [7, 11) is -3.14. The van der Waals surface area contributed by atoms with Crippen molar-refractivity contribution >= 4 is 21.4 Å². The smallest absolute Gasteiger partial charge is 0.211 e. The first-order valence-corrected chi connectivity index (χ1v) is 6.87. The summed E-state index contributed by atoms with van der Waals surface area (Å²) in [4.78, 5) is 1.02. The van der Waals surface area contributed by atoms with E-state index in [1.165, 1.54) is 11.3 Å². The maximum Gasteiger partial charge on any atom is 0.211 e. The van der Waals surface area contributed by atoms with E-state index in [1.807, 2.05) is 17.5 Å². The van der Waals surface area contributed by atoms with Gasteiger partial charge in [0, 0.05) is 11.4 Å². The average Bonchev–Trinajstić information content (AvgIpc) is 2.64. The van der Waals surface area contributed by atoms with Gasteiger partial charge in [0.1, 0.15) is 0 Å². The molecule has 0 saturated heterocycles. The molecule has 0 fully saturated rings. The maximum absolute atomic E-state index is 11.3. The van der Waals surface area contributed by atoms with E-state index in [0.29, 0.717) is 19.5 Å². The third kappa shape index (κ3) is 4.19. The van der Waals surface area contributed by atoms with Gasteiger partial charge < -0.3 is 5.73 Å². The van der Waals surface area contributed by atoms with Gasteiger partial charge in [-0.15, -0.1) is 11.3 Å². The minimum Gasteiger partial charge on any atom is -0.330 e. The molecule has 0 aliphatic carbocycles. The van der Waals surface area contributed by atoms with Crippen LogP contribution in [0.1, 0.15) is 11.3 Å². The average molecular weight is 234 g/mol. The zero-order valence-corrected chi connectivity index (χ0v) is 9.40. The fraction of sp³-hybridized carbons (Fsp3) is 0.500. The van der Waals surface area contributed by atoms with E-state index in [4.69, 9.17) is 5.73 Å². The summed E-state index contributed by atoms with van der Waals surface area (Å²) in [5, 5.41) is 1.92. The maximum atomic E-state index is 11.3. The van der Waals surface area contributed by atoms with Crippen LogP contribution in [-0.2, 0) is 16.6 Å².